The summed E-state index contributed by atoms with van der Waals surface area (Å²) in [6.07, 6.45) is 14.9. The Bertz CT molecular complexity index is 608. The van der Waals surface area contributed by atoms with Gasteiger partial charge in [-0.2, -0.15) is 0 Å². The molecule has 3 heteroatoms. The molecular weight excluding hydrogens is 334 g/mol. The van der Waals surface area contributed by atoms with Crippen molar-refractivity contribution in [2.45, 2.75) is 83.2 Å². The predicted molar refractivity (Wildman–Crippen MR) is 110 cm³/mol. The molecule has 1 aromatic rings. The number of anilines is 1. The summed E-state index contributed by atoms with van der Waals surface area (Å²) >= 11 is 0. The van der Waals surface area contributed by atoms with E-state index in [4.69, 9.17) is 4.74 Å². The molecule has 27 heavy (non-hydrogen) atoms. The summed E-state index contributed by atoms with van der Waals surface area (Å²) < 4.78 is 6.00. The van der Waals surface area contributed by atoms with E-state index in [-0.39, 0.29) is 23.4 Å². The summed E-state index contributed by atoms with van der Waals surface area (Å²) in [5, 5.41) is 3.49. The van der Waals surface area contributed by atoms with E-state index in [1.165, 1.54) is 57.1 Å². The van der Waals surface area contributed by atoms with E-state index in [1.54, 1.807) is 0 Å². The lowest BCUT2D eigenvalue weighted by Crippen LogP contribution is -2.55. The highest BCUT2D eigenvalue weighted by Crippen LogP contribution is 2.57. The van der Waals surface area contributed by atoms with Gasteiger partial charge < -0.3 is 10.1 Å². The summed E-state index contributed by atoms with van der Waals surface area (Å²) in [6, 6.07) is 10.4. The van der Waals surface area contributed by atoms with Crippen LogP contribution >= 0.6 is 0 Å². The highest BCUT2D eigenvalue weighted by Gasteiger charge is 2.56. The largest absolute Gasteiger partial charge is 0.462 e. The number of unbranched alkanes of at least 4 members (excludes halogenated alkanes) is 1. The Morgan fingerprint density at radius 2 is 1.74 bits per heavy atom. The molecule has 2 saturated carbocycles. The van der Waals surface area contributed by atoms with Gasteiger partial charge in [0, 0.05) is 18.2 Å². The van der Waals surface area contributed by atoms with Crippen LogP contribution < -0.4 is 5.32 Å². The van der Waals surface area contributed by atoms with Gasteiger partial charge in [0.05, 0.1) is 5.92 Å². The fraction of sp³-hybridized carbons (Fsp3) is 0.708. The lowest BCUT2D eigenvalue weighted by Gasteiger charge is -2.55. The third-order valence-corrected chi connectivity index (χ3v) is 7.49. The third kappa shape index (κ3) is 4.02. The molecule has 0 unspecified atom stereocenters. The summed E-state index contributed by atoms with van der Waals surface area (Å²) in [5.41, 5.74) is 1.44. The number of esters is 1. The first-order valence-corrected chi connectivity index (χ1v) is 11.3. The number of nitrogens with one attached hydrogen (secondary N) is 1. The van der Waals surface area contributed by atoms with Crippen LogP contribution in [-0.2, 0) is 9.53 Å². The highest BCUT2D eigenvalue weighted by molar-refractivity contribution is 5.75. The molecule has 2 aliphatic carbocycles. The molecule has 3 atom stereocenters. The predicted octanol–water partition coefficient (Wildman–Crippen LogP) is 5.95. The van der Waals surface area contributed by atoms with Gasteiger partial charge in [-0.1, -0.05) is 50.3 Å². The topological polar surface area (TPSA) is 38.3 Å². The van der Waals surface area contributed by atoms with Crippen LogP contribution in [0.15, 0.2) is 30.3 Å². The average molecular weight is 370 g/mol. The maximum Gasteiger partial charge on any atom is 0.309 e. The van der Waals surface area contributed by atoms with Gasteiger partial charge in [0.25, 0.3) is 0 Å². The number of carbonyl (C=O) groups excluding carboxylic acids is 1. The monoisotopic (exact) mass is 369 g/mol. The van der Waals surface area contributed by atoms with Crippen LogP contribution in [0.25, 0.3) is 0 Å². The third-order valence-electron chi connectivity index (χ3n) is 7.49. The second-order valence-corrected chi connectivity index (χ2v) is 9.00. The molecule has 3 aliphatic rings. The Morgan fingerprint density at radius 1 is 0.963 bits per heavy atom. The van der Waals surface area contributed by atoms with Crippen molar-refractivity contribution in [3.8, 4) is 0 Å². The molecule has 1 aromatic carbocycles. The molecule has 3 nitrogen and oxygen atoms in total. The first kappa shape index (κ1) is 18.8. The van der Waals surface area contributed by atoms with E-state index in [2.05, 4.69) is 29.6 Å². The number of rotatable bonds is 6. The quantitative estimate of drug-likeness (QED) is 0.497. The fourth-order valence-electron chi connectivity index (χ4n) is 6.22. The minimum Gasteiger partial charge on any atom is -0.462 e. The standard InChI is InChI=1S/C24H35NO2/c26-23-21(14-7-10-18-25-19-11-3-1-4-12-19)24(16-8-2-9-17-24)20-13-5-6-15-22(20)27-23/h1,3-4,11-12,20-22,25H,2,5-10,13-18H2/t20-,21-,22-/m0/s1. The SMILES string of the molecule is O=C1O[C@H]2CCCC[C@@H]2C2(CCCCC2)[C@H]1CCCCNc1ccccc1. The zero-order valence-corrected chi connectivity index (χ0v) is 16.6. The van der Waals surface area contributed by atoms with Crippen molar-refractivity contribution in [3.63, 3.8) is 0 Å². The zero-order valence-electron chi connectivity index (χ0n) is 16.6. The van der Waals surface area contributed by atoms with Crippen LogP contribution in [0.4, 0.5) is 5.69 Å². The lowest BCUT2D eigenvalue weighted by atomic mass is 9.53. The van der Waals surface area contributed by atoms with Crippen LogP contribution in [0.5, 0.6) is 0 Å². The van der Waals surface area contributed by atoms with Gasteiger partial charge in [-0.25, -0.2) is 0 Å². The number of ether oxygens (including phenoxy) is 1. The summed E-state index contributed by atoms with van der Waals surface area (Å²) in [6.45, 7) is 0.977. The lowest BCUT2D eigenvalue weighted by molar-refractivity contribution is -0.196. The van der Waals surface area contributed by atoms with Gasteiger partial charge in [-0.3, -0.25) is 4.79 Å². The molecule has 1 aliphatic heterocycles. The molecule has 0 aromatic heterocycles. The Hall–Kier alpha value is -1.51. The van der Waals surface area contributed by atoms with Crippen molar-refractivity contribution in [2.75, 3.05) is 11.9 Å². The van der Waals surface area contributed by atoms with E-state index in [9.17, 15) is 4.79 Å². The van der Waals surface area contributed by atoms with Gasteiger partial charge in [-0.15, -0.1) is 0 Å². The molecule has 0 radical (unpaired) electrons. The Morgan fingerprint density at radius 3 is 2.56 bits per heavy atom. The van der Waals surface area contributed by atoms with E-state index in [0.29, 0.717) is 5.92 Å². The van der Waals surface area contributed by atoms with Crippen molar-refractivity contribution in [1.29, 1.82) is 0 Å². The molecular formula is C24H35NO2. The Balaban J connectivity index is 1.36. The van der Waals surface area contributed by atoms with Gasteiger partial charge >= 0.3 is 5.97 Å². The highest BCUT2D eigenvalue weighted by atomic mass is 16.5. The number of carbonyl (C=O) groups is 1. The van der Waals surface area contributed by atoms with Crippen LogP contribution in [0.1, 0.15) is 77.0 Å². The summed E-state index contributed by atoms with van der Waals surface area (Å²) in [4.78, 5) is 13.0. The smallest absolute Gasteiger partial charge is 0.309 e. The van der Waals surface area contributed by atoms with E-state index < -0.39 is 0 Å². The van der Waals surface area contributed by atoms with Crippen molar-refractivity contribution in [3.05, 3.63) is 30.3 Å². The Kier molecular flexibility index (Phi) is 6.04. The first-order valence-electron chi connectivity index (χ1n) is 11.3. The number of fused-ring (bicyclic) bond motifs is 2. The van der Waals surface area contributed by atoms with Gasteiger partial charge in [0.15, 0.2) is 0 Å². The maximum atomic E-state index is 13.0. The van der Waals surface area contributed by atoms with Crippen molar-refractivity contribution >= 4 is 11.7 Å². The van der Waals surface area contributed by atoms with E-state index >= 15 is 0 Å². The second kappa shape index (κ2) is 8.67. The molecule has 0 amide bonds. The number of hydrogen-bond acceptors (Lipinski definition) is 3. The van der Waals surface area contributed by atoms with Gasteiger partial charge in [0.1, 0.15) is 6.10 Å². The van der Waals surface area contributed by atoms with Crippen molar-refractivity contribution in [2.24, 2.45) is 17.3 Å². The van der Waals surface area contributed by atoms with Gasteiger partial charge in [0.2, 0.25) is 0 Å². The maximum absolute atomic E-state index is 13.0. The van der Waals surface area contributed by atoms with Crippen LogP contribution in [-0.4, -0.2) is 18.6 Å². The van der Waals surface area contributed by atoms with Crippen molar-refractivity contribution < 1.29 is 9.53 Å². The molecule has 3 fully saturated rings. The van der Waals surface area contributed by atoms with E-state index in [1.807, 2.05) is 6.07 Å². The average Bonchev–Trinajstić information content (AvgIpc) is 2.71. The normalized spacial score (nSPS) is 29.8. The van der Waals surface area contributed by atoms with Crippen LogP contribution in [0.3, 0.4) is 0 Å². The van der Waals surface area contributed by atoms with Crippen LogP contribution in [0, 0.1) is 17.3 Å². The molecule has 1 N–H and O–H groups in total. The second-order valence-electron chi connectivity index (χ2n) is 9.00. The van der Waals surface area contributed by atoms with Crippen molar-refractivity contribution in [1.82, 2.24) is 0 Å². The number of benzene rings is 1. The van der Waals surface area contributed by atoms with E-state index in [0.717, 1.165) is 32.2 Å². The minimum absolute atomic E-state index is 0.135. The summed E-state index contributed by atoms with van der Waals surface area (Å²) in [7, 11) is 0. The molecule has 1 saturated heterocycles. The molecule has 0 bridgehead atoms. The molecule has 1 spiro atoms. The summed E-state index contributed by atoms with van der Waals surface area (Å²) in [5.74, 6) is 0.918. The number of hydrogen-bond donors (Lipinski definition) is 1. The first-order chi connectivity index (χ1) is 13.3. The molecule has 4 rings (SSSR count). The molecule has 1 heterocycles. The van der Waals surface area contributed by atoms with Gasteiger partial charge in [-0.05, 0) is 62.5 Å². The van der Waals surface area contributed by atoms with Crippen LogP contribution in [0.2, 0.25) is 0 Å². The number of para-hydroxylation sites is 1. The fourth-order valence-corrected chi connectivity index (χ4v) is 6.22. The zero-order chi connectivity index (χ0) is 18.5. The molecule has 148 valence electrons. The Labute approximate surface area is 164 Å². The minimum atomic E-state index is 0.135.